The summed E-state index contributed by atoms with van der Waals surface area (Å²) in [6.07, 6.45) is -0.641. The molecule has 10 nitrogen and oxygen atoms in total. The zero-order valence-corrected chi connectivity index (χ0v) is 24.4. The molecule has 39 heavy (non-hydrogen) atoms. The molecule has 0 bridgehead atoms. The third-order valence-corrected chi connectivity index (χ3v) is 8.64. The molecule has 2 aromatic rings. The highest BCUT2D eigenvalue weighted by Gasteiger charge is 2.33. The molecule has 0 saturated heterocycles. The number of aliphatic hydroxyl groups excluding tert-OH is 1. The van der Waals surface area contributed by atoms with Gasteiger partial charge in [0.1, 0.15) is 11.9 Å². The molecular formula is C27H37ClN4O6S. The zero-order valence-electron chi connectivity index (χ0n) is 22.8. The smallest absolute Gasteiger partial charge is 0.319 e. The van der Waals surface area contributed by atoms with Crippen LogP contribution in [-0.4, -0.2) is 79.6 Å². The number of hydrogen-bond acceptors (Lipinski definition) is 6. The molecule has 0 saturated carbocycles. The van der Waals surface area contributed by atoms with Crippen LogP contribution in [0.2, 0.25) is 5.02 Å². The first kappa shape index (κ1) is 30.7. The van der Waals surface area contributed by atoms with Crippen LogP contribution in [0.5, 0.6) is 5.75 Å². The number of sulfonamides is 1. The molecule has 3 atom stereocenters. The highest BCUT2D eigenvalue weighted by atomic mass is 35.5. The first-order chi connectivity index (χ1) is 18.3. The molecule has 3 rings (SSSR count). The number of aliphatic hydroxyl groups is 1. The summed E-state index contributed by atoms with van der Waals surface area (Å²) in [4.78, 5) is 27.3. The number of urea groups is 1. The second-order valence-electron chi connectivity index (χ2n) is 10.2. The monoisotopic (exact) mass is 580 g/mol. The molecule has 214 valence electrons. The lowest BCUT2D eigenvalue weighted by molar-refractivity contribution is -0.134. The first-order valence-electron chi connectivity index (χ1n) is 12.8. The van der Waals surface area contributed by atoms with E-state index >= 15 is 0 Å². The SMILES string of the molecule is CC(C)NC(=O)Nc1ccc2c(c1)CC(=O)N([C@@H](C)CO)C[C@@H](C)[C@@H](CN(C)S(=O)(=O)c1ccc(Cl)cc1)O2. The number of benzene rings is 2. The number of nitrogens with zero attached hydrogens (tertiary/aromatic N) is 2. The first-order valence-corrected chi connectivity index (χ1v) is 14.6. The van der Waals surface area contributed by atoms with Crippen molar-refractivity contribution in [1.82, 2.24) is 14.5 Å². The normalized spacial score (nSPS) is 19.0. The van der Waals surface area contributed by atoms with Crippen LogP contribution in [0.15, 0.2) is 47.4 Å². The number of carbonyl (C=O) groups is 2. The maximum absolute atomic E-state index is 13.4. The largest absolute Gasteiger partial charge is 0.488 e. The fourth-order valence-corrected chi connectivity index (χ4v) is 5.60. The average Bonchev–Trinajstić information content (AvgIpc) is 2.91. The standard InChI is InChI=1S/C27H37ClN4O6S/c1-17(2)29-27(35)30-22-8-11-24-20(12-22)13-26(34)32(19(4)16-33)14-18(3)25(38-24)15-31(5)39(36,37)23-9-6-21(28)7-10-23/h6-12,17-19,25,33H,13-16H2,1-5H3,(H2,29,30,35)/t18-,19+,25-/m1/s1. The summed E-state index contributed by atoms with van der Waals surface area (Å²) >= 11 is 5.93. The van der Waals surface area contributed by atoms with Crippen molar-refractivity contribution in [2.24, 2.45) is 5.92 Å². The number of amides is 3. The lowest BCUT2D eigenvalue weighted by atomic mass is 10.0. The number of halogens is 1. The minimum Gasteiger partial charge on any atom is -0.488 e. The number of nitrogens with one attached hydrogen (secondary N) is 2. The summed E-state index contributed by atoms with van der Waals surface area (Å²) in [5.74, 6) is -0.0722. The van der Waals surface area contributed by atoms with E-state index in [4.69, 9.17) is 16.3 Å². The fourth-order valence-electron chi connectivity index (χ4n) is 4.29. The second kappa shape index (κ2) is 13.0. The molecule has 0 fully saturated rings. The summed E-state index contributed by atoms with van der Waals surface area (Å²) in [6.45, 7) is 7.38. The van der Waals surface area contributed by atoms with Gasteiger partial charge < -0.3 is 25.4 Å². The van der Waals surface area contributed by atoms with Crippen molar-refractivity contribution in [3.8, 4) is 5.75 Å². The van der Waals surface area contributed by atoms with E-state index in [0.717, 1.165) is 0 Å². The van der Waals surface area contributed by atoms with Gasteiger partial charge in [-0.2, -0.15) is 4.31 Å². The molecule has 1 aliphatic heterocycles. The van der Waals surface area contributed by atoms with E-state index in [9.17, 15) is 23.1 Å². The lowest BCUT2D eigenvalue weighted by Crippen LogP contribution is -2.48. The van der Waals surface area contributed by atoms with Crippen molar-refractivity contribution in [3.05, 3.63) is 53.1 Å². The van der Waals surface area contributed by atoms with Crippen LogP contribution < -0.4 is 15.4 Å². The number of likely N-dealkylation sites (N-methyl/N-ethyl adjacent to an activating group) is 1. The number of hydrogen-bond donors (Lipinski definition) is 3. The molecule has 0 spiro atoms. The van der Waals surface area contributed by atoms with Gasteiger partial charge in [0.15, 0.2) is 0 Å². The van der Waals surface area contributed by atoms with E-state index in [1.165, 1.54) is 35.6 Å². The lowest BCUT2D eigenvalue weighted by Gasteiger charge is -2.33. The molecule has 3 N–H and O–H groups in total. The average molecular weight is 581 g/mol. The second-order valence-corrected chi connectivity index (χ2v) is 12.7. The van der Waals surface area contributed by atoms with Gasteiger partial charge in [-0.1, -0.05) is 18.5 Å². The number of ether oxygens (including phenoxy) is 1. The maximum atomic E-state index is 13.4. The minimum atomic E-state index is -3.84. The predicted octanol–water partition coefficient (Wildman–Crippen LogP) is 3.34. The van der Waals surface area contributed by atoms with Crippen LogP contribution in [0.4, 0.5) is 10.5 Å². The van der Waals surface area contributed by atoms with Crippen molar-refractivity contribution in [1.29, 1.82) is 0 Å². The van der Waals surface area contributed by atoms with Crippen LogP contribution in [0.1, 0.15) is 33.3 Å². The minimum absolute atomic E-state index is 0.0118. The summed E-state index contributed by atoms with van der Waals surface area (Å²) in [6, 6.07) is 10.1. The Balaban J connectivity index is 1.95. The van der Waals surface area contributed by atoms with Crippen molar-refractivity contribution in [3.63, 3.8) is 0 Å². The Bertz CT molecular complexity index is 1270. The predicted molar refractivity (Wildman–Crippen MR) is 151 cm³/mol. The van der Waals surface area contributed by atoms with E-state index in [2.05, 4.69) is 10.6 Å². The van der Waals surface area contributed by atoms with Gasteiger partial charge in [0.25, 0.3) is 0 Å². The Morgan fingerprint density at radius 2 is 1.87 bits per heavy atom. The number of rotatable bonds is 8. The molecule has 1 aliphatic rings. The van der Waals surface area contributed by atoms with Gasteiger partial charge in [0.2, 0.25) is 15.9 Å². The van der Waals surface area contributed by atoms with E-state index in [-0.39, 0.29) is 54.9 Å². The molecule has 0 unspecified atom stereocenters. The molecule has 3 amide bonds. The molecular weight excluding hydrogens is 544 g/mol. The van der Waals surface area contributed by atoms with E-state index in [0.29, 0.717) is 22.0 Å². The summed E-state index contributed by atoms with van der Waals surface area (Å²) in [7, 11) is -2.36. The van der Waals surface area contributed by atoms with Crippen LogP contribution in [0.3, 0.4) is 0 Å². The van der Waals surface area contributed by atoms with Gasteiger partial charge in [0.05, 0.1) is 30.5 Å². The van der Waals surface area contributed by atoms with Crippen LogP contribution >= 0.6 is 11.6 Å². The summed E-state index contributed by atoms with van der Waals surface area (Å²) in [5.41, 5.74) is 1.02. The highest BCUT2D eigenvalue weighted by molar-refractivity contribution is 7.89. The topological polar surface area (TPSA) is 128 Å². The third kappa shape index (κ3) is 7.84. The Morgan fingerprint density at radius 3 is 2.49 bits per heavy atom. The van der Waals surface area contributed by atoms with E-state index in [1.54, 1.807) is 30.0 Å². The molecule has 0 radical (unpaired) electrons. The van der Waals surface area contributed by atoms with Crippen molar-refractivity contribution in [2.45, 2.75) is 57.2 Å². The number of anilines is 1. The third-order valence-electron chi connectivity index (χ3n) is 6.55. The van der Waals surface area contributed by atoms with Crippen LogP contribution in [0.25, 0.3) is 0 Å². The van der Waals surface area contributed by atoms with Crippen molar-refractivity contribution >= 4 is 39.2 Å². The van der Waals surface area contributed by atoms with Gasteiger partial charge in [-0.3, -0.25) is 4.79 Å². The summed E-state index contributed by atoms with van der Waals surface area (Å²) in [5, 5.41) is 15.8. The Labute approximate surface area is 235 Å². The molecule has 0 aromatic heterocycles. The van der Waals surface area contributed by atoms with Gasteiger partial charge >= 0.3 is 6.03 Å². The quantitative estimate of drug-likeness (QED) is 0.439. The molecule has 2 aromatic carbocycles. The van der Waals surface area contributed by atoms with E-state index < -0.39 is 22.2 Å². The Hall–Kier alpha value is -2.86. The molecule has 0 aliphatic carbocycles. The number of carbonyl (C=O) groups excluding carboxylic acids is 2. The molecule has 1 heterocycles. The van der Waals surface area contributed by atoms with Crippen LogP contribution in [-0.2, 0) is 21.2 Å². The fraction of sp³-hybridized carbons (Fsp3) is 0.481. The van der Waals surface area contributed by atoms with Gasteiger partial charge in [-0.05, 0) is 63.2 Å². The van der Waals surface area contributed by atoms with Gasteiger partial charge in [-0.25, -0.2) is 13.2 Å². The van der Waals surface area contributed by atoms with Crippen molar-refractivity contribution in [2.75, 3.05) is 32.1 Å². The summed E-state index contributed by atoms with van der Waals surface area (Å²) < 4.78 is 34.2. The van der Waals surface area contributed by atoms with Crippen LogP contribution in [0, 0.1) is 5.92 Å². The zero-order chi connectivity index (χ0) is 28.9. The van der Waals surface area contributed by atoms with Gasteiger partial charge in [-0.15, -0.1) is 0 Å². The molecule has 12 heteroatoms. The Morgan fingerprint density at radius 1 is 1.21 bits per heavy atom. The van der Waals surface area contributed by atoms with Crippen molar-refractivity contribution < 1.29 is 27.9 Å². The maximum Gasteiger partial charge on any atom is 0.319 e. The van der Waals surface area contributed by atoms with E-state index in [1.807, 2.05) is 20.8 Å². The number of fused-ring (bicyclic) bond motifs is 1. The highest BCUT2D eigenvalue weighted by Crippen LogP contribution is 2.30. The van der Waals surface area contributed by atoms with Gasteiger partial charge in [0, 0.05) is 41.8 Å². The Kier molecular flexibility index (Phi) is 10.2.